The lowest BCUT2D eigenvalue weighted by Gasteiger charge is -2.02. The molecule has 2 aromatic carbocycles. The molecule has 0 aliphatic carbocycles. The van der Waals surface area contributed by atoms with Crippen molar-refractivity contribution in [2.75, 3.05) is 0 Å². The molecule has 0 aliphatic rings. The third-order valence-corrected chi connectivity index (χ3v) is 3.94. The number of fused-ring (bicyclic) bond motifs is 1. The van der Waals surface area contributed by atoms with E-state index >= 15 is 0 Å². The summed E-state index contributed by atoms with van der Waals surface area (Å²) in [5.74, 6) is -0.00630. The van der Waals surface area contributed by atoms with E-state index in [-0.39, 0.29) is 5.02 Å². The summed E-state index contributed by atoms with van der Waals surface area (Å²) in [6.45, 7) is 0. The van der Waals surface area contributed by atoms with E-state index in [1.54, 1.807) is 12.1 Å². The highest BCUT2D eigenvalue weighted by atomic mass is 79.9. The van der Waals surface area contributed by atoms with Crippen LogP contribution in [0.1, 0.15) is 0 Å². The van der Waals surface area contributed by atoms with Gasteiger partial charge in [-0.05, 0) is 40.2 Å². The highest BCUT2D eigenvalue weighted by Gasteiger charge is 2.14. The number of imidazole rings is 1. The number of para-hydroxylation sites is 2. The molecule has 0 spiro atoms. The highest BCUT2D eigenvalue weighted by molar-refractivity contribution is 9.10. The molecule has 0 unspecified atom stereocenters. The number of aromatic amines is 1. The molecule has 0 fully saturated rings. The molecule has 0 bridgehead atoms. The Labute approximate surface area is 116 Å². The molecule has 0 saturated carbocycles. The van der Waals surface area contributed by atoms with Gasteiger partial charge in [0.2, 0.25) is 0 Å². The van der Waals surface area contributed by atoms with Crippen molar-refractivity contribution in [2.24, 2.45) is 0 Å². The maximum absolute atomic E-state index is 14.1. The van der Waals surface area contributed by atoms with Crippen molar-refractivity contribution >= 4 is 38.6 Å². The minimum absolute atomic E-state index is 0.0629. The van der Waals surface area contributed by atoms with Crippen molar-refractivity contribution in [1.82, 2.24) is 9.97 Å². The predicted octanol–water partition coefficient (Wildman–Crippen LogP) is 4.78. The van der Waals surface area contributed by atoms with E-state index in [1.807, 2.05) is 24.3 Å². The Morgan fingerprint density at radius 3 is 2.72 bits per heavy atom. The number of hydrogen-bond donors (Lipinski definition) is 1. The zero-order chi connectivity index (χ0) is 12.7. The van der Waals surface area contributed by atoms with Crippen LogP contribution in [0.3, 0.4) is 0 Å². The molecule has 0 radical (unpaired) electrons. The fourth-order valence-electron chi connectivity index (χ4n) is 1.79. The van der Waals surface area contributed by atoms with Gasteiger partial charge in [-0.15, -0.1) is 0 Å². The van der Waals surface area contributed by atoms with Crippen LogP contribution in [-0.4, -0.2) is 9.97 Å². The van der Waals surface area contributed by atoms with E-state index < -0.39 is 5.82 Å². The van der Waals surface area contributed by atoms with Gasteiger partial charge in [0.1, 0.15) is 5.82 Å². The van der Waals surface area contributed by atoms with Crippen LogP contribution in [0, 0.1) is 5.82 Å². The van der Waals surface area contributed by atoms with Crippen molar-refractivity contribution in [2.45, 2.75) is 0 Å². The fraction of sp³-hybridized carbons (Fsp3) is 0. The number of nitrogens with one attached hydrogen (secondary N) is 1. The molecule has 1 heterocycles. The number of rotatable bonds is 1. The summed E-state index contributed by atoms with van der Waals surface area (Å²) >= 11 is 9.05. The molecular weight excluding hydrogens is 319 g/mol. The summed E-state index contributed by atoms with van der Waals surface area (Å²) in [4.78, 5) is 7.42. The van der Waals surface area contributed by atoms with Gasteiger partial charge in [0.25, 0.3) is 0 Å². The smallest absolute Gasteiger partial charge is 0.153 e. The average molecular weight is 326 g/mol. The quantitative estimate of drug-likeness (QED) is 0.641. The van der Waals surface area contributed by atoms with Crippen molar-refractivity contribution in [3.8, 4) is 11.4 Å². The van der Waals surface area contributed by atoms with Crippen LogP contribution in [0.15, 0.2) is 40.9 Å². The van der Waals surface area contributed by atoms with Gasteiger partial charge in [-0.3, -0.25) is 0 Å². The molecular formula is C13H7BrClFN2. The molecule has 0 amide bonds. The standard InChI is InChI=1S/C13H7BrClFN2/c14-8-6-5-7(12(16)11(8)15)13-17-9-3-1-2-4-10(9)18-13/h1-6H,(H,17,18). The fourth-order valence-corrected chi connectivity index (χ4v) is 2.26. The van der Waals surface area contributed by atoms with E-state index in [0.717, 1.165) is 11.0 Å². The van der Waals surface area contributed by atoms with Gasteiger partial charge < -0.3 is 4.98 Å². The predicted molar refractivity (Wildman–Crippen MR) is 74.2 cm³/mol. The number of hydrogen-bond acceptors (Lipinski definition) is 1. The number of H-pyrrole nitrogens is 1. The summed E-state index contributed by atoms with van der Waals surface area (Å²) in [7, 11) is 0. The number of nitrogens with zero attached hydrogens (tertiary/aromatic N) is 1. The summed E-state index contributed by atoms with van der Waals surface area (Å²) in [5, 5.41) is 0.0629. The van der Waals surface area contributed by atoms with E-state index in [0.29, 0.717) is 15.9 Å². The first-order valence-electron chi connectivity index (χ1n) is 5.25. The second-order valence-electron chi connectivity index (χ2n) is 3.83. The number of halogens is 3. The van der Waals surface area contributed by atoms with Gasteiger partial charge in [-0.2, -0.15) is 0 Å². The third kappa shape index (κ3) is 1.82. The minimum Gasteiger partial charge on any atom is -0.338 e. The van der Waals surface area contributed by atoms with Crippen molar-refractivity contribution in [3.05, 3.63) is 51.7 Å². The van der Waals surface area contributed by atoms with Crippen molar-refractivity contribution in [1.29, 1.82) is 0 Å². The van der Waals surface area contributed by atoms with Crippen LogP contribution in [-0.2, 0) is 0 Å². The molecule has 3 aromatic rings. The van der Waals surface area contributed by atoms with Gasteiger partial charge in [0.05, 0.1) is 21.6 Å². The lowest BCUT2D eigenvalue weighted by Crippen LogP contribution is -1.88. The largest absolute Gasteiger partial charge is 0.338 e. The van der Waals surface area contributed by atoms with E-state index in [1.165, 1.54) is 0 Å². The number of benzene rings is 2. The molecule has 1 aromatic heterocycles. The van der Waals surface area contributed by atoms with Crippen molar-refractivity contribution in [3.63, 3.8) is 0 Å². The van der Waals surface area contributed by atoms with Crippen LogP contribution >= 0.6 is 27.5 Å². The van der Waals surface area contributed by atoms with E-state index in [4.69, 9.17) is 11.6 Å². The van der Waals surface area contributed by atoms with Gasteiger partial charge in [-0.25, -0.2) is 9.37 Å². The molecule has 90 valence electrons. The Hall–Kier alpha value is -1.39. The normalized spacial score (nSPS) is 11.1. The van der Waals surface area contributed by atoms with E-state index in [9.17, 15) is 4.39 Å². The van der Waals surface area contributed by atoms with Crippen LogP contribution < -0.4 is 0 Å². The molecule has 1 N–H and O–H groups in total. The minimum atomic E-state index is -0.481. The first kappa shape index (κ1) is 11.7. The molecule has 3 rings (SSSR count). The summed E-state index contributed by atoms with van der Waals surface area (Å²) in [6, 6.07) is 10.9. The third-order valence-electron chi connectivity index (χ3n) is 2.68. The van der Waals surface area contributed by atoms with Crippen molar-refractivity contribution < 1.29 is 4.39 Å². The maximum Gasteiger partial charge on any atom is 0.153 e. The topological polar surface area (TPSA) is 28.7 Å². The summed E-state index contributed by atoms with van der Waals surface area (Å²) in [5.41, 5.74) is 2.02. The first-order chi connectivity index (χ1) is 8.66. The average Bonchev–Trinajstić information content (AvgIpc) is 2.79. The lowest BCUT2D eigenvalue weighted by molar-refractivity contribution is 0.630. The Kier molecular flexibility index (Phi) is 2.84. The first-order valence-corrected chi connectivity index (χ1v) is 6.42. The summed E-state index contributed by atoms with van der Waals surface area (Å²) < 4.78 is 14.6. The Balaban J connectivity index is 2.23. The van der Waals surface area contributed by atoms with Crippen LogP contribution in [0.25, 0.3) is 22.4 Å². The van der Waals surface area contributed by atoms with Gasteiger partial charge in [0, 0.05) is 4.47 Å². The second-order valence-corrected chi connectivity index (χ2v) is 5.06. The lowest BCUT2D eigenvalue weighted by atomic mass is 10.2. The zero-order valence-electron chi connectivity index (χ0n) is 9.05. The SMILES string of the molecule is Fc1c(-c2nc3ccccc3[nH]2)ccc(Br)c1Cl. The monoisotopic (exact) mass is 324 g/mol. The second kappa shape index (κ2) is 4.37. The molecule has 5 heteroatoms. The Bertz CT molecular complexity index is 706. The molecule has 0 saturated heterocycles. The molecule has 18 heavy (non-hydrogen) atoms. The highest BCUT2D eigenvalue weighted by Crippen LogP contribution is 2.32. The van der Waals surface area contributed by atoms with Gasteiger partial charge in [-0.1, -0.05) is 23.7 Å². The molecule has 0 aliphatic heterocycles. The van der Waals surface area contributed by atoms with Crippen LogP contribution in [0.5, 0.6) is 0 Å². The van der Waals surface area contributed by atoms with E-state index in [2.05, 4.69) is 25.9 Å². The van der Waals surface area contributed by atoms with Crippen LogP contribution in [0.2, 0.25) is 5.02 Å². The van der Waals surface area contributed by atoms with Gasteiger partial charge in [0.15, 0.2) is 5.82 Å². The Morgan fingerprint density at radius 2 is 1.94 bits per heavy atom. The molecule has 0 atom stereocenters. The van der Waals surface area contributed by atoms with Crippen LogP contribution in [0.4, 0.5) is 4.39 Å². The zero-order valence-corrected chi connectivity index (χ0v) is 11.4. The summed E-state index contributed by atoms with van der Waals surface area (Å²) in [6.07, 6.45) is 0. The maximum atomic E-state index is 14.1. The molecule has 2 nitrogen and oxygen atoms in total. The van der Waals surface area contributed by atoms with Gasteiger partial charge >= 0.3 is 0 Å². The number of aromatic nitrogens is 2. The Morgan fingerprint density at radius 1 is 1.17 bits per heavy atom.